The number of anilines is 1. The maximum atomic E-state index is 12.2. The first kappa shape index (κ1) is 21.2. The van der Waals surface area contributed by atoms with Crippen molar-refractivity contribution < 1.29 is 9.90 Å². The molecule has 3 aromatic heterocycles. The van der Waals surface area contributed by atoms with E-state index in [1.54, 1.807) is 6.07 Å². The molecular formula is C22H29N7O2. The van der Waals surface area contributed by atoms with Crippen LogP contribution in [0.15, 0.2) is 36.8 Å². The Morgan fingerprint density at radius 3 is 2.84 bits per heavy atom. The summed E-state index contributed by atoms with van der Waals surface area (Å²) in [5.74, 6) is 0.504. The average Bonchev–Trinajstić information content (AvgIpc) is 3.44. The van der Waals surface area contributed by atoms with E-state index in [-0.39, 0.29) is 18.7 Å². The second-order valence-electron chi connectivity index (χ2n) is 8.06. The standard InChI is InChI=1S/C22H29N7O2/c1-28(10-11-30)8-9-29-15-17(14-24-29)16-12-20-19(23-13-16)6-7-21(26-20)27-22(31)25-18-4-2-3-5-18/h6-7,12-15,18,30H,2-5,8-11H2,1H3,(H2,25,26,27,31). The SMILES string of the molecule is CN(CCO)CCn1cc(-c2cnc3ccc(NC(=O)NC4CCCC4)nc3c2)cn1. The fourth-order valence-corrected chi connectivity index (χ4v) is 3.83. The van der Waals surface area contributed by atoms with Gasteiger partial charge in [0.1, 0.15) is 5.82 Å². The van der Waals surface area contributed by atoms with Gasteiger partial charge in [-0.3, -0.25) is 15.0 Å². The Morgan fingerprint density at radius 2 is 2.03 bits per heavy atom. The highest BCUT2D eigenvalue weighted by molar-refractivity contribution is 5.90. The Balaban J connectivity index is 1.44. The van der Waals surface area contributed by atoms with Crippen LogP contribution in [0.4, 0.5) is 10.6 Å². The molecule has 4 rings (SSSR count). The van der Waals surface area contributed by atoms with Gasteiger partial charge in [0.2, 0.25) is 0 Å². The molecule has 0 saturated heterocycles. The number of carbonyl (C=O) groups excluding carboxylic acids is 1. The number of fused-ring (bicyclic) bond motifs is 1. The summed E-state index contributed by atoms with van der Waals surface area (Å²) >= 11 is 0. The zero-order valence-corrected chi connectivity index (χ0v) is 17.8. The summed E-state index contributed by atoms with van der Waals surface area (Å²) in [6.45, 7) is 2.33. The zero-order chi connectivity index (χ0) is 21.6. The van der Waals surface area contributed by atoms with Crippen LogP contribution < -0.4 is 10.6 Å². The maximum Gasteiger partial charge on any atom is 0.320 e. The predicted molar refractivity (Wildman–Crippen MR) is 120 cm³/mol. The van der Waals surface area contributed by atoms with Gasteiger partial charge in [0.05, 0.1) is 30.4 Å². The number of amides is 2. The molecule has 1 aliphatic rings. The minimum absolute atomic E-state index is 0.149. The molecule has 1 saturated carbocycles. The van der Waals surface area contributed by atoms with E-state index in [9.17, 15) is 4.79 Å². The van der Waals surface area contributed by atoms with Crippen molar-refractivity contribution in [1.82, 2.24) is 30.0 Å². The van der Waals surface area contributed by atoms with Crippen LogP contribution in [-0.4, -0.2) is 68.6 Å². The smallest absolute Gasteiger partial charge is 0.320 e. The van der Waals surface area contributed by atoms with Crippen molar-refractivity contribution in [2.45, 2.75) is 38.3 Å². The third kappa shape index (κ3) is 5.56. The highest BCUT2D eigenvalue weighted by Gasteiger charge is 2.17. The van der Waals surface area contributed by atoms with Gasteiger partial charge >= 0.3 is 6.03 Å². The molecule has 9 nitrogen and oxygen atoms in total. The van der Waals surface area contributed by atoms with Crippen molar-refractivity contribution in [2.24, 2.45) is 0 Å². The molecule has 164 valence electrons. The molecule has 3 heterocycles. The van der Waals surface area contributed by atoms with Crippen LogP contribution in [0, 0.1) is 0 Å². The van der Waals surface area contributed by atoms with Crippen LogP contribution in [0.3, 0.4) is 0 Å². The summed E-state index contributed by atoms with van der Waals surface area (Å²) in [5, 5.41) is 19.3. The lowest BCUT2D eigenvalue weighted by atomic mass is 10.1. The molecule has 9 heteroatoms. The molecule has 0 unspecified atom stereocenters. The Bertz CT molecular complexity index is 1030. The molecule has 1 aliphatic carbocycles. The van der Waals surface area contributed by atoms with Gasteiger partial charge in [-0.2, -0.15) is 5.10 Å². The van der Waals surface area contributed by atoms with Gasteiger partial charge in [0.25, 0.3) is 0 Å². The second-order valence-corrected chi connectivity index (χ2v) is 8.06. The Hall–Kier alpha value is -3.04. The molecule has 3 N–H and O–H groups in total. The monoisotopic (exact) mass is 423 g/mol. The minimum Gasteiger partial charge on any atom is -0.395 e. The average molecular weight is 424 g/mol. The Kier molecular flexibility index (Phi) is 6.73. The van der Waals surface area contributed by atoms with Gasteiger partial charge in [-0.05, 0) is 38.1 Å². The topological polar surface area (TPSA) is 108 Å². The van der Waals surface area contributed by atoms with Crippen LogP contribution in [-0.2, 0) is 6.54 Å². The van der Waals surface area contributed by atoms with E-state index in [0.29, 0.717) is 17.9 Å². The quantitative estimate of drug-likeness (QED) is 0.514. The summed E-state index contributed by atoms with van der Waals surface area (Å²) in [6, 6.07) is 5.63. The van der Waals surface area contributed by atoms with Crippen molar-refractivity contribution in [1.29, 1.82) is 0 Å². The Morgan fingerprint density at radius 1 is 1.19 bits per heavy atom. The number of aromatic nitrogens is 4. The zero-order valence-electron chi connectivity index (χ0n) is 17.8. The number of hydrogen-bond acceptors (Lipinski definition) is 6. The van der Waals surface area contributed by atoms with Crippen LogP contribution in [0.2, 0.25) is 0 Å². The lowest BCUT2D eigenvalue weighted by Crippen LogP contribution is -2.36. The highest BCUT2D eigenvalue weighted by Crippen LogP contribution is 2.23. The number of aliphatic hydroxyl groups is 1. The van der Waals surface area contributed by atoms with Crippen molar-refractivity contribution in [3.05, 3.63) is 36.8 Å². The molecule has 31 heavy (non-hydrogen) atoms. The third-order valence-corrected chi connectivity index (χ3v) is 5.63. The fraction of sp³-hybridized carbons (Fsp3) is 0.455. The van der Waals surface area contributed by atoms with Crippen molar-refractivity contribution in [3.8, 4) is 11.1 Å². The molecule has 0 aliphatic heterocycles. The third-order valence-electron chi connectivity index (χ3n) is 5.63. The first-order chi connectivity index (χ1) is 15.1. The molecule has 0 radical (unpaired) electrons. The molecular weight excluding hydrogens is 394 g/mol. The van der Waals surface area contributed by atoms with Gasteiger partial charge < -0.3 is 15.3 Å². The van der Waals surface area contributed by atoms with Crippen molar-refractivity contribution in [3.63, 3.8) is 0 Å². The first-order valence-corrected chi connectivity index (χ1v) is 10.8. The maximum absolute atomic E-state index is 12.2. The highest BCUT2D eigenvalue weighted by atomic mass is 16.3. The van der Waals surface area contributed by atoms with E-state index in [1.807, 2.05) is 42.5 Å². The van der Waals surface area contributed by atoms with E-state index in [2.05, 4.69) is 30.6 Å². The number of carbonyl (C=O) groups is 1. The number of likely N-dealkylation sites (N-methyl/N-ethyl adjacent to an activating group) is 1. The number of aliphatic hydroxyl groups excluding tert-OH is 1. The van der Waals surface area contributed by atoms with Gasteiger partial charge in [-0.15, -0.1) is 0 Å². The van der Waals surface area contributed by atoms with Crippen LogP contribution in [0.1, 0.15) is 25.7 Å². The van der Waals surface area contributed by atoms with Gasteiger partial charge in [0, 0.05) is 42.7 Å². The fourth-order valence-electron chi connectivity index (χ4n) is 3.83. The van der Waals surface area contributed by atoms with E-state index < -0.39 is 0 Å². The van der Waals surface area contributed by atoms with E-state index in [4.69, 9.17) is 5.11 Å². The molecule has 0 bridgehead atoms. The normalized spacial score (nSPS) is 14.4. The van der Waals surface area contributed by atoms with Crippen LogP contribution in [0.25, 0.3) is 22.2 Å². The van der Waals surface area contributed by atoms with E-state index in [0.717, 1.165) is 42.6 Å². The minimum atomic E-state index is -0.213. The first-order valence-electron chi connectivity index (χ1n) is 10.8. The van der Waals surface area contributed by atoms with E-state index >= 15 is 0 Å². The number of nitrogens with zero attached hydrogens (tertiary/aromatic N) is 5. The molecule has 1 fully saturated rings. The number of hydrogen-bond donors (Lipinski definition) is 3. The Labute approximate surface area is 181 Å². The number of nitrogens with one attached hydrogen (secondary N) is 2. The van der Waals surface area contributed by atoms with Crippen molar-refractivity contribution >= 4 is 22.9 Å². The molecule has 0 spiro atoms. The second kappa shape index (κ2) is 9.84. The molecule has 0 aromatic carbocycles. The number of rotatable bonds is 8. The van der Waals surface area contributed by atoms with Gasteiger partial charge in [-0.1, -0.05) is 12.8 Å². The summed E-state index contributed by atoms with van der Waals surface area (Å²) < 4.78 is 1.88. The van der Waals surface area contributed by atoms with Gasteiger partial charge in [-0.25, -0.2) is 9.78 Å². The predicted octanol–water partition coefficient (Wildman–Crippen LogP) is 2.48. The molecule has 2 amide bonds. The van der Waals surface area contributed by atoms with Crippen LogP contribution >= 0.6 is 0 Å². The molecule has 0 atom stereocenters. The van der Waals surface area contributed by atoms with E-state index in [1.165, 1.54) is 12.8 Å². The van der Waals surface area contributed by atoms with Gasteiger partial charge in [0.15, 0.2) is 0 Å². The summed E-state index contributed by atoms with van der Waals surface area (Å²) in [7, 11) is 1.97. The largest absolute Gasteiger partial charge is 0.395 e. The number of pyridine rings is 2. The summed E-state index contributed by atoms with van der Waals surface area (Å²) in [5.41, 5.74) is 3.36. The molecule has 3 aromatic rings. The number of urea groups is 1. The lowest BCUT2D eigenvalue weighted by Gasteiger charge is -2.14. The van der Waals surface area contributed by atoms with Crippen molar-refractivity contribution in [2.75, 3.05) is 32.1 Å². The summed E-state index contributed by atoms with van der Waals surface area (Å²) in [6.07, 6.45) is 10.0. The lowest BCUT2D eigenvalue weighted by molar-refractivity contribution is 0.215. The van der Waals surface area contributed by atoms with Crippen LogP contribution in [0.5, 0.6) is 0 Å². The summed E-state index contributed by atoms with van der Waals surface area (Å²) in [4.78, 5) is 23.4.